The summed E-state index contributed by atoms with van der Waals surface area (Å²) < 4.78 is 2.74. The second kappa shape index (κ2) is 5.44. The molecule has 0 unspecified atom stereocenters. The maximum atomic E-state index is 8.38. The van der Waals surface area contributed by atoms with Crippen molar-refractivity contribution >= 4 is 27.5 Å². The summed E-state index contributed by atoms with van der Waals surface area (Å²) in [5.41, 5.74) is 11.1. The molecule has 0 aliphatic heterocycles. The van der Waals surface area contributed by atoms with Crippen LogP contribution in [0.3, 0.4) is 0 Å². The number of imidazole rings is 1. The van der Waals surface area contributed by atoms with Gasteiger partial charge in [-0.25, -0.2) is 4.98 Å². The maximum Gasteiger partial charge on any atom is 0.150 e. The highest BCUT2D eigenvalue weighted by Gasteiger charge is 2.11. The lowest BCUT2D eigenvalue weighted by Crippen LogP contribution is -1.99. The van der Waals surface area contributed by atoms with Crippen LogP contribution in [0.15, 0.2) is 34.1 Å². The molecule has 0 saturated carbocycles. The Morgan fingerprint density at radius 1 is 1.56 bits per heavy atom. The number of aromatic nitrogens is 2. The Kier molecular flexibility index (Phi) is 3.91. The Labute approximate surface area is 117 Å². The summed E-state index contributed by atoms with van der Waals surface area (Å²) in [6, 6.07) is 5.95. The number of hydrogen-bond acceptors (Lipinski definition) is 2. The molecular formula is C11H9BrClN5. The molecule has 5 nitrogen and oxygen atoms in total. The number of azide groups is 1. The molecule has 0 amide bonds. The van der Waals surface area contributed by atoms with Crippen LogP contribution in [-0.2, 0) is 6.54 Å². The monoisotopic (exact) mass is 325 g/mol. The fourth-order valence-corrected chi connectivity index (χ4v) is 2.49. The molecule has 2 aromatic rings. The summed E-state index contributed by atoms with van der Waals surface area (Å²) in [6.45, 7) is 2.17. The summed E-state index contributed by atoms with van der Waals surface area (Å²) >= 11 is 9.48. The van der Waals surface area contributed by atoms with Crippen molar-refractivity contribution < 1.29 is 0 Å². The van der Waals surface area contributed by atoms with Gasteiger partial charge in [-0.15, -0.1) is 0 Å². The van der Waals surface area contributed by atoms with Gasteiger partial charge in [-0.1, -0.05) is 22.8 Å². The first-order valence-corrected chi connectivity index (χ1v) is 6.29. The molecule has 0 fully saturated rings. The number of rotatable bonds is 3. The topological polar surface area (TPSA) is 66.6 Å². The van der Waals surface area contributed by atoms with Crippen LogP contribution < -0.4 is 0 Å². The van der Waals surface area contributed by atoms with Gasteiger partial charge in [0.25, 0.3) is 0 Å². The van der Waals surface area contributed by atoms with Crippen molar-refractivity contribution in [1.29, 1.82) is 0 Å². The van der Waals surface area contributed by atoms with Crippen molar-refractivity contribution in [1.82, 2.24) is 9.55 Å². The van der Waals surface area contributed by atoms with Crippen LogP contribution in [0.25, 0.3) is 16.1 Å². The fourth-order valence-electron chi connectivity index (χ4n) is 1.61. The second-order valence-electron chi connectivity index (χ2n) is 3.70. The van der Waals surface area contributed by atoms with Gasteiger partial charge in [-0.05, 0) is 46.1 Å². The van der Waals surface area contributed by atoms with Gasteiger partial charge in [-0.2, -0.15) is 0 Å². The van der Waals surface area contributed by atoms with Gasteiger partial charge < -0.3 is 4.57 Å². The molecule has 2 rings (SSSR count). The third-order valence-electron chi connectivity index (χ3n) is 2.46. The first-order chi connectivity index (χ1) is 8.63. The lowest BCUT2D eigenvalue weighted by atomic mass is 10.2. The molecule has 7 heteroatoms. The van der Waals surface area contributed by atoms with E-state index < -0.39 is 0 Å². The summed E-state index contributed by atoms with van der Waals surface area (Å²) in [4.78, 5) is 6.77. The number of halogens is 2. The lowest BCUT2D eigenvalue weighted by molar-refractivity contribution is 0.899. The molecule has 0 bridgehead atoms. The molecule has 18 heavy (non-hydrogen) atoms. The van der Waals surface area contributed by atoms with Crippen LogP contribution in [-0.4, -0.2) is 9.55 Å². The minimum Gasteiger partial charge on any atom is -0.300 e. The minimum absolute atomic E-state index is 0.162. The molecule has 1 aromatic heterocycles. The first kappa shape index (κ1) is 13.0. The number of benzene rings is 1. The smallest absolute Gasteiger partial charge is 0.150 e. The van der Waals surface area contributed by atoms with E-state index in [1.165, 1.54) is 0 Å². The minimum atomic E-state index is 0.162. The first-order valence-electron chi connectivity index (χ1n) is 5.12. The molecule has 1 heterocycles. The predicted molar refractivity (Wildman–Crippen MR) is 73.9 cm³/mol. The van der Waals surface area contributed by atoms with Crippen molar-refractivity contribution in [2.24, 2.45) is 5.11 Å². The van der Waals surface area contributed by atoms with Crippen molar-refractivity contribution in [3.8, 4) is 5.69 Å². The van der Waals surface area contributed by atoms with Gasteiger partial charge in [0, 0.05) is 9.38 Å². The Bertz CT molecular complexity index is 630. The zero-order valence-corrected chi connectivity index (χ0v) is 11.9. The highest BCUT2D eigenvalue weighted by Crippen LogP contribution is 2.26. The Balaban J connectivity index is 2.53. The van der Waals surface area contributed by atoms with Gasteiger partial charge >= 0.3 is 0 Å². The van der Waals surface area contributed by atoms with Crippen LogP contribution >= 0.6 is 27.5 Å². The predicted octanol–water partition coefficient (Wildman–Crippen LogP) is 4.41. The van der Waals surface area contributed by atoms with Crippen LogP contribution in [0.2, 0.25) is 5.15 Å². The molecule has 0 aliphatic rings. The van der Waals surface area contributed by atoms with E-state index in [2.05, 4.69) is 30.9 Å². The van der Waals surface area contributed by atoms with Crippen molar-refractivity contribution in [3.63, 3.8) is 0 Å². The quantitative estimate of drug-likeness (QED) is 0.468. The standard InChI is InChI=1S/C11H9BrClN5/c1-7-2-3-9(8(12)4-7)18-6-15-11(13)10(18)5-16-17-14/h2-4,6H,5H2,1H3. The molecular weight excluding hydrogens is 318 g/mol. The number of nitrogens with zero attached hydrogens (tertiary/aromatic N) is 5. The zero-order valence-electron chi connectivity index (χ0n) is 9.51. The highest BCUT2D eigenvalue weighted by atomic mass is 79.9. The number of aryl methyl sites for hydroxylation is 1. The second-order valence-corrected chi connectivity index (χ2v) is 4.91. The van der Waals surface area contributed by atoms with E-state index in [9.17, 15) is 0 Å². The molecule has 0 saturated heterocycles. The number of hydrogen-bond donors (Lipinski definition) is 0. The Morgan fingerprint density at radius 3 is 3.00 bits per heavy atom. The largest absolute Gasteiger partial charge is 0.300 e. The Hall–Kier alpha value is -1.49. The third kappa shape index (κ3) is 2.51. The van der Waals surface area contributed by atoms with E-state index in [1.807, 2.05) is 25.1 Å². The molecule has 1 aromatic carbocycles. The van der Waals surface area contributed by atoms with Crippen LogP contribution in [0.4, 0.5) is 0 Å². The van der Waals surface area contributed by atoms with Gasteiger partial charge in [0.15, 0.2) is 5.15 Å². The lowest BCUT2D eigenvalue weighted by Gasteiger charge is -2.09. The SMILES string of the molecule is Cc1ccc(-n2cnc(Cl)c2CN=[N+]=[N-])c(Br)c1. The maximum absolute atomic E-state index is 8.38. The zero-order chi connectivity index (χ0) is 13.1. The normalized spacial score (nSPS) is 10.2. The van der Waals surface area contributed by atoms with Crippen LogP contribution in [0.5, 0.6) is 0 Å². The average Bonchev–Trinajstić information content (AvgIpc) is 2.68. The summed E-state index contributed by atoms with van der Waals surface area (Å²) in [5.74, 6) is 0. The fraction of sp³-hybridized carbons (Fsp3) is 0.182. The molecule has 0 atom stereocenters. The van der Waals surface area contributed by atoms with Gasteiger partial charge in [-0.3, -0.25) is 0 Å². The van der Waals surface area contributed by atoms with Gasteiger partial charge in [0.05, 0.1) is 17.9 Å². The van der Waals surface area contributed by atoms with Crippen molar-refractivity contribution in [3.05, 3.63) is 55.9 Å². The summed E-state index contributed by atoms with van der Waals surface area (Å²) in [5, 5.41) is 3.87. The molecule has 0 N–H and O–H groups in total. The Morgan fingerprint density at radius 2 is 2.33 bits per heavy atom. The van der Waals surface area contributed by atoms with Crippen molar-refractivity contribution in [2.75, 3.05) is 0 Å². The molecule has 0 spiro atoms. The van der Waals surface area contributed by atoms with Crippen LogP contribution in [0, 0.1) is 6.92 Å². The molecule has 0 radical (unpaired) electrons. The van der Waals surface area contributed by atoms with E-state index >= 15 is 0 Å². The van der Waals surface area contributed by atoms with Crippen LogP contribution in [0.1, 0.15) is 11.3 Å². The third-order valence-corrected chi connectivity index (χ3v) is 3.41. The average molecular weight is 327 g/mol. The van der Waals surface area contributed by atoms with Gasteiger partial charge in [0.1, 0.15) is 6.33 Å². The van der Waals surface area contributed by atoms with E-state index in [0.29, 0.717) is 10.8 Å². The molecule has 92 valence electrons. The summed E-state index contributed by atoms with van der Waals surface area (Å²) in [7, 11) is 0. The van der Waals surface area contributed by atoms with E-state index in [0.717, 1.165) is 15.7 Å². The van der Waals surface area contributed by atoms with Crippen molar-refractivity contribution in [2.45, 2.75) is 13.5 Å². The van der Waals surface area contributed by atoms with Gasteiger partial charge in [0.2, 0.25) is 0 Å². The van der Waals surface area contributed by atoms with E-state index in [-0.39, 0.29) is 6.54 Å². The van der Waals surface area contributed by atoms with E-state index in [1.54, 1.807) is 10.9 Å². The highest BCUT2D eigenvalue weighted by molar-refractivity contribution is 9.10. The summed E-state index contributed by atoms with van der Waals surface area (Å²) in [6.07, 6.45) is 1.61. The molecule has 0 aliphatic carbocycles. The van der Waals surface area contributed by atoms with E-state index in [4.69, 9.17) is 17.1 Å².